The minimum absolute atomic E-state index is 0.0682. The number of amides is 1. The maximum Gasteiger partial charge on any atom is 0.263 e. The number of carbonyl (C=O) groups excluding carboxylic acids is 2. The van der Waals surface area contributed by atoms with Crippen LogP contribution in [0.4, 0.5) is 10.8 Å². The van der Waals surface area contributed by atoms with Gasteiger partial charge in [-0.15, -0.1) is 11.3 Å². The van der Waals surface area contributed by atoms with Crippen molar-refractivity contribution in [2.75, 3.05) is 10.0 Å². The van der Waals surface area contributed by atoms with Crippen LogP contribution >= 0.6 is 11.3 Å². The normalized spacial score (nSPS) is 11.1. The van der Waals surface area contributed by atoms with Crippen molar-refractivity contribution >= 4 is 44.4 Å². The van der Waals surface area contributed by atoms with E-state index >= 15 is 0 Å². The number of aldehydes is 1. The van der Waals surface area contributed by atoms with Crippen LogP contribution in [0.5, 0.6) is 0 Å². The van der Waals surface area contributed by atoms with Crippen LogP contribution in [-0.2, 0) is 21.4 Å². The quantitative estimate of drug-likeness (QED) is 0.561. The van der Waals surface area contributed by atoms with Crippen LogP contribution in [-0.4, -0.2) is 30.2 Å². The van der Waals surface area contributed by atoms with Crippen LogP contribution in [0, 0.1) is 0 Å². The van der Waals surface area contributed by atoms with Gasteiger partial charge in [0, 0.05) is 36.4 Å². The largest absolute Gasteiger partial charge is 0.345 e. The van der Waals surface area contributed by atoms with E-state index in [9.17, 15) is 18.0 Å². The summed E-state index contributed by atoms with van der Waals surface area (Å²) in [4.78, 5) is 26.9. The Morgan fingerprint density at radius 1 is 1.22 bits per heavy atom. The highest BCUT2D eigenvalue weighted by atomic mass is 32.2. The Bertz CT molecular complexity index is 1030. The smallest absolute Gasteiger partial charge is 0.263 e. The Labute approximate surface area is 159 Å². The lowest BCUT2D eigenvalue weighted by Crippen LogP contribution is -2.15. The number of aryl methyl sites for hydroxylation is 1. The molecule has 2 heterocycles. The van der Waals surface area contributed by atoms with Gasteiger partial charge in [0.15, 0.2) is 11.4 Å². The lowest BCUT2D eigenvalue weighted by molar-refractivity contribution is -0.116. The van der Waals surface area contributed by atoms with E-state index in [0.29, 0.717) is 17.9 Å². The van der Waals surface area contributed by atoms with Gasteiger partial charge in [-0.25, -0.2) is 13.4 Å². The number of thiazole rings is 1. The average molecular weight is 404 g/mol. The van der Waals surface area contributed by atoms with Crippen LogP contribution < -0.4 is 10.0 Å². The van der Waals surface area contributed by atoms with Gasteiger partial charge in [0.25, 0.3) is 10.0 Å². The van der Waals surface area contributed by atoms with E-state index in [-0.39, 0.29) is 22.4 Å². The first-order valence-electron chi connectivity index (χ1n) is 7.90. The first-order chi connectivity index (χ1) is 13.0. The SMILES string of the molecule is O=Cc1cccn1CCC(=O)Nc1ccc(S(=O)(=O)Nc2nccs2)cc1. The number of nitrogens with zero attached hydrogens (tertiary/aromatic N) is 2. The molecule has 0 aliphatic heterocycles. The zero-order chi connectivity index (χ0) is 19.3. The van der Waals surface area contributed by atoms with Crippen LogP contribution in [0.25, 0.3) is 0 Å². The topological polar surface area (TPSA) is 110 Å². The third-order valence-corrected chi connectivity index (χ3v) is 5.84. The van der Waals surface area contributed by atoms with E-state index in [2.05, 4.69) is 15.0 Å². The monoisotopic (exact) mass is 404 g/mol. The molecule has 2 N–H and O–H groups in total. The highest BCUT2D eigenvalue weighted by Gasteiger charge is 2.15. The molecule has 10 heteroatoms. The van der Waals surface area contributed by atoms with Gasteiger partial charge in [-0.3, -0.25) is 14.3 Å². The van der Waals surface area contributed by atoms with Gasteiger partial charge < -0.3 is 9.88 Å². The summed E-state index contributed by atoms with van der Waals surface area (Å²) in [5, 5.41) is 4.65. The van der Waals surface area contributed by atoms with E-state index in [1.54, 1.807) is 28.3 Å². The summed E-state index contributed by atoms with van der Waals surface area (Å²) < 4.78 is 28.6. The fourth-order valence-electron chi connectivity index (χ4n) is 2.35. The molecule has 1 aromatic carbocycles. The fourth-order valence-corrected chi connectivity index (χ4v) is 4.14. The third-order valence-electron chi connectivity index (χ3n) is 3.67. The van der Waals surface area contributed by atoms with Gasteiger partial charge >= 0.3 is 0 Å². The number of rotatable bonds is 8. The third kappa shape index (κ3) is 4.80. The number of anilines is 2. The molecule has 0 aliphatic carbocycles. The lowest BCUT2D eigenvalue weighted by Gasteiger charge is -2.09. The molecule has 8 nitrogen and oxygen atoms in total. The van der Waals surface area contributed by atoms with E-state index in [1.165, 1.54) is 41.8 Å². The molecule has 0 saturated carbocycles. The van der Waals surface area contributed by atoms with Crippen molar-refractivity contribution in [3.8, 4) is 0 Å². The van der Waals surface area contributed by atoms with Crippen molar-refractivity contribution in [1.82, 2.24) is 9.55 Å². The Morgan fingerprint density at radius 2 is 2.00 bits per heavy atom. The number of hydrogen-bond donors (Lipinski definition) is 2. The number of aromatic nitrogens is 2. The van der Waals surface area contributed by atoms with E-state index in [0.717, 1.165) is 6.29 Å². The predicted molar refractivity (Wildman–Crippen MR) is 102 cm³/mol. The van der Waals surface area contributed by atoms with Gasteiger partial charge in [-0.1, -0.05) is 0 Å². The maximum absolute atomic E-state index is 12.3. The molecule has 0 bridgehead atoms. The van der Waals surface area contributed by atoms with Crippen molar-refractivity contribution in [1.29, 1.82) is 0 Å². The van der Waals surface area contributed by atoms with Crippen LogP contribution in [0.2, 0.25) is 0 Å². The molecule has 1 amide bonds. The molecule has 0 atom stereocenters. The van der Waals surface area contributed by atoms with Gasteiger partial charge in [-0.2, -0.15) is 0 Å². The number of sulfonamides is 1. The average Bonchev–Trinajstić information content (AvgIpc) is 3.31. The molecule has 0 saturated heterocycles. The molecule has 0 fully saturated rings. The first kappa shape index (κ1) is 18.8. The predicted octanol–water partition coefficient (Wildman–Crippen LogP) is 2.59. The minimum Gasteiger partial charge on any atom is -0.345 e. The number of carbonyl (C=O) groups is 2. The first-order valence-corrected chi connectivity index (χ1v) is 10.3. The van der Waals surface area contributed by atoms with Gasteiger partial charge in [0.2, 0.25) is 5.91 Å². The molecule has 3 aromatic rings. The second-order valence-corrected chi connectivity index (χ2v) is 8.09. The van der Waals surface area contributed by atoms with Crippen LogP contribution in [0.3, 0.4) is 0 Å². The summed E-state index contributed by atoms with van der Waals surface area (Å²) in [6, 6.07) is 9.25. The zero-order valence-electron chi connectivity index (χ0n) is 14.0. The Kier molecular flexibility index (Phi) is 5.67. The van der Waals surface area contributed by atoms with E-state index in [4.69, 9.17) is 0 Å². The van der Waals surface area contributed by atoms with Crippen molar-refractivity contribution in [2.24, 2.45) is 0 Å². The molecule has 140 valence electrons. The summed E-state index contributed by atoms with van der Waals surface area (Å²) in [7, 11) is -3.73. The Balaban J connectivity index is 1.58. The Hall–Kier alpha value is -2.98. The van der Waals surface area contributed by atoms with Crippen molar-refractivity contribution in [2.45, 2.75) is 17.9 Å². The molecule has 0 unspecified atom stereocenters. The fraction of sp³-hybridized carbons (Fsp3) is 0.118. The maximum atomic E-state index is 12.3. The second kappa shape index (κ2) is 8.14. The van der Waals surface area contributed by atoms with Crippen molar-refractivity contribution in [3.05, 3.63) is 59.9 Å². The van der Waals surface area contributed by atoms with Crippen LogP contribution in [0.15, 0.2) is 59.1 Å². The summed E-state index contributed by atoms with van der Waals surface area (Å²) >= 11 is 1.18. The summed E-state index contributed by atoms with van der Waals surface area (Å²) in [6.07, 6.45) is 4.15. The van der Waals surface area contributed by atoms with Gasteiger partial charge in [-0.05, 0) is 36.4 Å². The number of benzene rings is 1. The molecule has 0 aliphatic rings. The van der Waals surface area contributed by atoms with Crippen LogP contribution in [0.1, 0.15) is 16.9 Å². The summed E-state index contributed by atoms with van der Waals surface area (Å²) in [6.45, 7) is 0.372. The molecular weight excluding hydrogens is 388 g/mol. The molecule has 3 rings (SSSR count). The molecule has 27 heavy (non-hydrogen) atoms. The van der Waals surface area contributed by atoms with Crippen molar-refractivity contribution < 1.29 is 18.0 Å². The van der Waals surface area contributed by atoms with E-state index < -0.39 is 10.0 Å². The van der Waals surface area contributed by atoms with Gasteiger partial charge in [0.05, 0.1) is 10.6 Å². The number of nitrogens with one attached hydrogen (secondary N) is 2. The molecule has 0 spiro atoms. The molecule has 2 aromatic heterocycles. The Morgan fingerprint density at radius 3 is 2.67 bits per heavy atom. The minimum atomic E-state index is -3.73. The second-order valence-electron chi connectivity index (χ2n) is 5.51. The van der Waals surface area contributed by atoms with E-state index in [1.807, 2.05) is 0 Å². The standard InChI is InChI=1S/C17H16N4O4S2/c22-12-14-2-1-9-21(14)10-7-16(23)19-13-3-5-15(6-4-13)27(24,25)20-17-18-8-11-26-17/h1-6,8-9,11-12H,7,10H2,(H,18,20)(H,19,23). The molecule has 0 radical (unpaired) electrons. The zero-order valence-corrected chi connectivity index (χ0v) is 15.7. The highest BCUT2D eigenvalue weighted by molar-refractivity contribution is 7.93. The molecular formula is C17H16N4O4S2. The summed E-state index contributed by atoms with van der Waals surface area (Å²) in [5.41, 5.74) is 0.987. The summed E-state index contributed by atoms with van der Waals surface area (Å²) in [5.74, 6) is -0.239. The van der Waals surface area contributed by atoms with Crippen molar-refractivity contribution in [3.63, 3.8) is 0 Å². The highest BCUT2D eigenvalue weighted by Crippen LogP contribution is 2.19. The lowest BCUT2D eigenvalue weighted by atomic mass is 10.3. The number of hydrogen-bond acceptors (Lipinski definition) is 6. The van der Waals surface area contributed by atoms with Gasteiger partial charge in [0.1, 0.15) is 0 Å².